The van der Waals surface area contributed by atoms with E-state index in [2.05, 4.69) is 5.10 Å². The molecule has 0 unspecified atom stereocenters. The molecule has 0 aliphatic heterocycles. The van der Waals surface area contributed by atoms with Crippen LogP contribution in [0.1, 0.15) is 30.5 Å². The van der Waals surface area contributed by atoms with E-state index in [4.69, 9.17) is 10.5 Å². The Kier molecular flexibility index (Phi) is 3.24. The number of carbonyl (C=O) groups is 1. The number of methoxy groups -OCH3 is 1. The van der Waals surface area contributed by atoms with E-state index in [0.717, 1.165) is 25.7 Å². The fourth-order valence-corrected chi connectivity index (χ4v) is 2.19. The molecule has 5 nitrogen and oxygen atoms in total. The summed E-state index contributed by atoms with van der Waals surface area (Å²) in [6, 6.07) is 0. The smallest absolute Gasteiger partial charge is 0.250 e. The SMILES string of the molecule is COC1CCC(C(=O)n2cc(N)cn2)CC1. The number of rotatable bonds is 2. The Morgan fingerprint density at radius 1 is 1.50 bits per heavy atom. The molecule has 16 heavy (non-hydrogen) atoms. The lowest BCUT2D eigenvalue weighted by Gasteiger charge is -2.26. The second-order valence-electron chi connectivity index (χ2n) is 4.27. The minimum atomic E-state index is 0.0475. The molecule has 1 saturated carbocycles. The summed E-state index contributed by atoms with van der Waals surface area (Å²) in [5.74, 6) is 0.108. The first-order valence-corrected chi connectivity index (χ1v) is 5.58. The lowest BCUT2D eigenvalue weighted by atomic mass is 9.87. The highest BCUT2D eigenvalue weighted by Crippen LogP contribution is 2.27. The van der Waals surface area contributed by atoms with Crippen LogP contribution in [0, 0.1) is 5.92 Å². The maximum Gasteiger partial charge on any atom is 0.250 e. The fraction of sp³-hybridized carbons (Fsp3) is 0.636. The van der Waals surface area contributed by atoms with Gasteiger partial charge >= 0.3 is 0 Å². The van der Waals surface area contributed by atoms with E-state index >= 15 is 0 Å². The number of anilines is 1. The lowest BCUT2D eigenvalue weighted by molar-refractivity contribution is 0.0474. The van der Waals surface area contributed by atoms with Crippen molar-refractivity contribution >= 4 is 11.6 Å². The van der Waals surface area contributed by atoms with Gasteiger partial charge in [-0.2, -0.15) is 5.10 Å². The molecule has 1 fully saturated rings. The predicted molar refractivity (Wildman–Crippen MR) is 60.0 cm³/mol. The molecule has 0 amide bonds. The van der Waals surface area contributed by atoms with Crippen molar-refractivity contribution in [2.45, 2.75) is 31.8 Å². The molecule has 0 saturated heterocycles. The van der Waals surface area contributed by atoms with Gasteiger partial charge in [0.1, 0.15) is 0 Å². The van der Waals surface area contributed by atoms with Gasteiger partial charge in [0.2, 0.25) is 5.91 Å². The topological polar surface area (TPSA) is 70.1 Å². The van der Waals surface area contributed by atoms with E-state index < -0.39 is 0 Å². The summed E-state index contributed by atoms with van der Waals surface area (Å²) in [5, 5.41) is 3.94. The molecular weight excluding hydrogens is 206 g/mol. The van der Waals surface area contributed by atoms with Crippen molar-refractivity contribution < 1.29 is 9.53 Å². The van der Waals surface area contributed by atoms with Crippen LogP contribution in [0.4, 0.5) is 5.69 Å². The zero-order valence-corrected chi connectivity index (χ0v) is 9.43. The summed E-state index contributed by atoms with van der Waals surface area (Å²) < 4.78 is 6.63. The van der Waals surface area contributed by atoms with Gasteiger partial charge in [-0.25, -0.2) is 4.68 Å². The van der Waals surface area contributed by atoms with Gasteiger partial charge in [-0.15, -0.1) is 0 Å². The largest absolute Gasteiger partial charge is 0.396 e. The molecular formula is C11H17N3O2. The molecule has 0 radical (unpaired) electrons. The third-order valence-corrected chi connectivity index (χ3v) is 3.19. The van der Waals surface area contributed by atoms with Crippen molar-refractivity contribution in [1.82, 2.24) is 9.78 Å². The van der Waals surface area contributed by atoms with Crippen molar-refractivity contribution in [3.8, 4) is 0 Å². The van der Waals surface area contributed by atoms with E-state index in [1.807, 2.05) is 0 Å². The number of hydrogen-bond donors (Lipinski definition) is 1. The first-order valence-electron chi connectivity index (χ1n) is 5.58. The van der Waals surface area contributed by atoms with Crippen molar-refractivity contribution in [1.29, 1.82) is 0 Å². The van der Waals surface area contributed by atoms with Crippen LogP contribution < -0.4 is 5.73 Å². The van der Waals surface area contributed by atoms with Crippen LogP contribution in [0.5, 0.6) is 0 Å². The maximum absolute atomic E-state index is 12.0. The van der Waals surface area contributed by atoms with Gasteiger partial charge in [-0.05, 0) is 25.7 Å². The Balaban J connectivity index is 1.96. The molecule has 2 N–H and O–H groups in total. The number of ether oxygens (including phenoxy) is 1. The van der Waals surface area contributed by atoms with Gasteiger partial charge < -0.3 is 10.5 Å². The predicted octanol–water partition coefficient (Wildman–Crippen LogP) is 1.31. The Bertz CT molecular complexity index is 367. The Labute approximate surface area is 94.6 Å². The van der Waals surface area contributed by atoms with Crippen molar-refractivity contribution in [2.24, 2.45) is 5.92 Å². The molecule has 0 atom stereocenters. The number of aromatic nitrogens is 2. The van der Waals surface area contributed by atoms with E-state index in [-0.39, 0.29) is 11.8 Å². The number of carbonyl (C=O) groups excluding carboxylic acids is 1. The van der Waals surface area contributed by atoms with Crippen LogP contribution in [0.3, 0.4) is 0 Å². The minimum absolute atomic E-state index is 0.0475. The van der Waals surface area contributed by atoms with Gasteiger partial charge in [0.25, 0.3) is 0 Å². The molecule has 1 heterocycles. The molecule has 5 heteroatoms. The summed E-state index contributed by atoms with van der Waals surface area (Å²) in [6.07, 6.45) is 7.03. The van der Waals surface area contributed by atoms with Crippen molar-refractivity contribution in [2.75, 3.05) is 12.8 Å². The first-order chi connectivity index (χ1) is 7.70. The zero-order valence-electron chi connectivity index (χ0n) is 9.43. The quantitative estimate of drug-likeness (QED) is 0.820. The molecule has 88 valence electrons. The van der Waals surface area contributed by atoms with Crippen LogP contribution >= 0.6 is 0 Å². The van der Waals surface area contributed by atoms with Crippen LogP contribution in [-0.2, 0) is 4.74 Å². The van der Waals surface area contributed by atoms with Crippen LogP contribution in [0.2, 0.25) is 0 Å². The van der Waals surface area contributed by atoms with Crippen LogP contribution in [0.15, 0.2) is 12.4 Å². The summed E-state index contributed by atoms with van der Waals surface area (Å²) in [6.45, 7) is 0. The standard InChI is InChI=1S/C11H17N3O2/c1-16-10-4-2-8(3-5-10)11(15)14-7-9(12)6-13-14/h6-8,10H,2-5,12H2,1H3. The number of nitrogens with zero attached hydrogens (tertiary/aromatic N) is 2. The second-order valence-corrected chi connectivity index (χ2v) is 4.27. The van der Waals surface area contributed by atoms with Gasteiger partial charge in [-0.1, -0.05) is 0 Å². The average molecular weight is 223 g/mol. The van der Waals surface area contributed by atoms with Crippen molar-refractivity contribution in [3.63, 3.8) is 0 Å². The molecule has 0 bridgehead atoms. The molecule has 2 rings (SSSR count). The molecule has 1 aromatic heterocycles. The Morgan fingerprint density at radius 3 is 2.69 bits per heavy atom. The third kappa shape index (κ3) is 2.24. The number of nitrogens with two attached hydrogens (primary N) is 1. The van der Waals surface area contributed by atoms with E-state index in [0.29, 0.717) is 11.8 Å². The number of hydrogen-bond acceptors (Lipinski definition) is 4. The summed E-state index contributed by atoms with van der Waals surface area (Å²) in [4.78, 5) is 12.0. The van der Waals surface area contributed by atoms with Crippen molar-refractivity contribution in [3.05, 3.63) is 12.4 Å². The van der Waals surface area contributed by atoms with Gasteiger partial charge in [-0.3, -0.25) is 4.79 Å². The second kappa shape index (κ2) is 4.65. The summed E-state index contributed by atoms with van der Waals surface area (Å²) in [5.41, 5.74) is 6.06. The summed E-state index contributed by atoms with van der Waals surface area (Å²) in [7, 11) is 1.72. The van der Waals surface area contributed by atoms with Crippen LogP contribution in [-0.4, -0.2) is 28.9 Å². The Morgan fingerprint density at radius 2 is 2.19 bits per heavy atom. The van der Waals surface area contributed by atoms with Gasteiger partial charge in [0, 0.05) is 13.0 Å². The third-order valence-electron chi connectivity index (χ3n) is 3.19. The minimum Gasteiger partial charge on any atom is -0.396 e. The fourth-order valence-electron chi connectivity index (χ4n) is 2.19. The van der Waals surface area contributed by atoms with E-state index in [9.17, 15) is 4.79 Å². The highest BCUT2D eigenvalue weighted by Gasteiger charge is 2.27. The zero-order chi connectivity index (χ0) is 11.5. The lowest BCUT2D eigenvalue weighted by Crippen LogP contribution is -2.29. The molecule has 0 aromatic carbocycles. The van der Waals surface area contributed by atoms with E-state index in [1.165, 1.54) is 10.9 Å². The normalized spacial score (nSPS) is 25.6. The van der Waals surface area contributed by atoms with Crippen LogP contribution in [0.25, 0.3) is 0 Å². The molecule has 1 aromatic rings. The molecule has 1 aliphatic carbocycles. The Hall–Kier alpha value is -1.36. The maximum atomic E-state index is 12.0. The highest BCUT2D eigenvalue weighted by atomic mass is 16.5. The van der Waals surface area contributed by atoms with Gasteiger partial charge in [0.15, 0.2) is 0 Å². The monoisotopic (exact) mass is 223 g/mol. The summed E-state index contributed by atoms with van der Waals surface area (Å²) >= 11 is 0. The molecule has 0 spiro atoms. The number of nitrogen functional groups attached to an aromatic ring is 1. The highest BCUT2D eigenvalue weighted by molar-refractivity contribution is 5.81. The first kappa shape index (κ1) is 11.1. The van der Waals surface area contributed by atoms with Gasteiger partial charge in [0.05, 0.1) is 24.2 Å². The van der Waals surface area contributed by atoms with E-state index in [1.54, 1.807) is 13.3 Å². The average Bonchev–Trinajstić information content (AvgIpc) is 2.75. The molecule has 1 aliphatic rings.